The van der Waals surface area contributed by atoms with Crippen LogP contribution in [0.2, 0.25) is 0 Å². The molecule has 150 valence electrons. The first-order valence-corrected chi connectivity index (χ1v) is 9.56. The summed E-state index contributed by atoms with van der Waals surface area (Å²) in [5.74, 6) is -0.112. The number of nitrogens with one attached hydrogen (secondary N) is 1. The fourth-order valence-corrected chi connectivity index (χ4v) is 3.26. The lowest BCUT2D eigenvalue weighted by molar-refractivity contribution is 0.102. The van der Waals surface area contributed by atoms with Crippen molar-refractivity contribution in [2.24, 2.45) is 5.73 Å². The molecule has 1 heterocycles. The van der Waals surface area contributed by atoms with Crippen LogP contribution in [0.15, 0.2) is 54.7 Å². The number of amides is 1. The van der Waals surface area contributed by atoms with Gasteiger partial charge >= 0.3 is 0 Å². The number of halogens is 1. The number of anilines is 1. The highest BCUT2D eigenvalue weighted by molar-refractivity contribution is 6.05. The molecule has 1 amide bonds. The van der Waals surface area contributed by atoms with Crippen molar-refractivity contribution in [2.75, 3.05) is 25.0 Å². The predicted molar refractivity (Wildman–Crippen MR) is 119 cm³/mol. The van der Waals surface area contributed by atoms with Crippen LogP contribution in [0.25, 0.3) is 10.9 Å². The fraction of sp³-hybridized carbons (Fsp3) is 0.318. The second kappa shape index (κ2) is 10.3. The molecule has 0 fully saturated rings. The average molecular weight is 401 g/mol. The molecular formula is C22H29ClN4O. The molecule has 2 aromatic carbocycles. The number of carbonyl (C=O) groups is 1. The lowest BCUT2D eigenvalue weighted by Gasteiger charge is -2.18. The van der Waals surface area contributed by atoms with Gasteiger partial charge < -0.3 is 20.5 Å². The Morgan fingerprint density at radius 2 is 1.79 bits per heavy atom. The van der Waals surface area contributed by atoms with Crippen LogP contribution in [0, 0.1) is 0 Å². The van der Waals surface area contributed by atoms with E-state index in [2.05, 4.69) is 47.0 Å². The number of likely N-dealkylation sites (N-methyl/N-ethyl adjacent to an activating group) is 1. The second-order valence-electron chi connectivity index (χ2n) is 6.66. The first kappa shape index (κ1) is 22.0. The Balaban J connectivity index is 0.00000280. The van der Waals surface area contributed by atoms with Gasteiger partial charge in [-0.2, -0.15) is 0 Å². The Hall–Kier alpha value is -2.34. The first-order chi connectivity index (χ1) is 13.1. The van der Waals surface area contributed by atoms with E-state index in [1.54, 1.807) is 12.1 Å². The third kappa shape index (κ3) is 5.13. The highest BCUT2D eigenvalue weighted by Gasteiger charge is 2.08. The smallest absolute Gasteiger partial charge is 0.255 e. The maximum Gasteiger partial charge on any atom is 0.255 e. The van der Waals surface area contributed by atoms with E-state index in [0.29, 0.717) is 12.1 Å². The van der Waals surface area contributed by atoms with Crippen molar-refractivity contribution in [2.45, 2.75) is 26.9 Å². The molecule has 3 aromatic rings. The standard InChI is InChI=1S/C22H28N4O.ClH/c1-3-25(4-2)13-14-26-12-11-19-15-20(9-10-21(19)26)24-22(27)18-7-5-17(16-23)6-8-18;/h5-12,15H,3-4,13-14,16,23H2,1-2H3,(H,24,27);1H. The number of hydrogen-bond donors (Lipinski definition) is 2. The summed E-state index contributed by atoms with van der Waals surface area (Å²) in [7, 11) is 0. The van der Waals surface area contributed by atoms with Crippen LogP contribution in [0.5, 0.6) is 0 Å². The third-order valence-corrected chi connectivity index (χ3v) is 5.03. The quantitative estimate of drug-likeness (QED) is 0.598. The van der Waals surface area contributed by atoms with Crippen molar-refractivity contribution < 1.29 is 4.79 Å². The molecule has 0 aliphatic heterocycles. The molecule has 0 unspecified atom stereocenters. The number of rotatable bonds is 8. The van der Waals surface area contributed by atoms with E-state index in [-0.39, 0.29) is 18.3 Å². The van der Waals surface area contributed by atoms with Gasteiger partial charge in [-0.15, -0.1) is 12.4 Å². The van der Waals surface area contributed by atoms with Crippen molar-refractivity contribution in [3.8, 4) is 0 Å². The SMILES string of the molecule is CCN(CC)CCn1ccc2cc(NC(=O)c3ccc(CN)cc3)ccc21.Cl. The third-order valence-electron chi connectivity index (χ3n) is 5.03. The van der Waals surface area contributed by atoms with E-state index in [4.69, 9.17) is 5.73 Å². The molecule has 0 saturated carbocycles. The van der Waals surface area contributed by atoms with Gasteiger partial charge in [0.2, 0.25) is 0 Å². The van der Waals surface area contributed by atoms with Crippen molar-refractivity contribution in [3.63, 3.8) is 0 Å². The van der Waals surface area contributed by atoms with Gasteiger partial charge in [0.05, 0.1) is 0 Å². The van der Waals surface area contributed by atoms with E-state index in [9.17, 15) is 4.79 Å². The molecule has 0 aliphatic rings. The number of hydrogen-bond acceptors (Lipinski definition) is 3. The van der Waals surface area contributed by atoms with E-state index < -0.39 is 0 Å². The molecule has 0 aliphatic carbocycles. The lowest BCUT2D eigenvalue weighted by atomic mass is 10.1. The summed E-state index contributed by atoms with van der Waals surface area (Å²) in [5.41, 5.74) is 9.23. The van der Waals surface area contributed by atoms with Crippen molar-refractivity contribution in [1.29, 1.82) is 0 Å². The minimum Gasteiger partial charge on any atom is -0.346 e. The Morgan fingerprint density at radius 1 is 1.07 bits per heavy atom. The zero-order valence-corrected chi connectivity index (χ0v) is 17.3. The van der Waals surface area contributed by atoms with Crippen LogP contribution >= 0.6 is 12.4 Å². The van der Waals surface area contributed by atoms with E-state index in [1.807, 2.05) is 24.3 Å². The number of nitrogens with two attached hydrogens (primary N) is 1. The predicted octanol–water partition coefficient (Wildman–Crippen LogP) is 4.12. The number of benzene rings is 2. The molecule has 0 bridgehead atoms. The largest absolute Gasteiger partial charge is 0.346 e. The summed E-state index contributed by atoms with van der Waals surface area (Å²) in [4.78, 5) is 14.9. The topological polar surface area (TPSA) is 63.3 Å². The van der Waals surface area contributed by atoms with Crippen LogP contribution in [0.4, 0.5) is 5.69 Å². The van der Waals surface area contributed by atoms with Crippen LogP contribution < -0.4 is 11.1 Å². The van der Waals surface area contributed by atoms with Crippen LogP contribution in [0.3, 0.4) is 0 Å². The maximum atomic E-state index is 12.4. The Kier molecular flexibility index (Phi) is 8.05. The summed E-state index contributed by atoms with van der Waals surface area (Å²) in [6.07, 6.45) is 2.12. The summed E-state index contributed by atoms with van der Waals surface area (Å²) in [6, 6.07) is 15.5. The zero-order valence-electron chi connectivity index (χ0n) is 16.5. The highest BCUT2D eigenvalue weighted by Crippen LogP contribution is 2.21. The fourth-order valence-electron chi connectivity index (χ4n) is 3.26. The molecule has 0 spiro atoms. The molecule has 0 saturated heterocycles. The Bertz CT molecular complexity index is 901. The maximum absolute atomic E-state index is 12.4. The number of aromatic nitrogens is 1. The van der Waals surface area contributed by atoms with Crippen molar-refractivity contribution in [1.82, 2.24) is 9.47 Å². The minimum atomic E-state index is -0.112. The summed E-state index contributed by atoms with van der Waals surface area (Å²) < 4.78 is 2.27. The van der Waals surface area contributed by atoms with E-state index >= 15 is 0 Å². The van der Waals surface area contributed by atoms with Gasteiger partial charge in [-0.1, -0.05) is 26.0 Å². The molecule has 3 N–H and O–H groups in total. The second-order valence-corrected chi connectivity index (χ2v) is 6.66. The van der Waals surface area contributed by atoms with E-state index in [1.165, 1.54) is 5.52 Å². The van der Waals surface area contributed by atoms with Gasteiger partial charge in [0, 0.05) is 48.0 Å². The van der Waals surface area contributed by atoms with Crippen LogP contribution in [-0.2, 0) is 13.1 Å². The summed E-state index contributed by atoms with van der Waals surface area (Å²) in [6.45, 7) is 8.99. The van der Waals surface area contributed by atoms with Crippen molar-refractivity contribution >= 4 is 34.9 Å². The Labute approximate surface area is 172 Å². The van der Waals surface area contributed by atoms with Crippen LogP contribution in [0.1, 0.15) is 29.8 Å². The molecule has 5 nitrogen and oxygen atoms in total. The van der Waals surface area contributed by atoms with E-state index in [0.717, 1.165) is 42.8 Å². The molecular weight excluding hydrogens is 372 g/mol. The van der Waals surface area contributed by atoms with Crippen molar-refractivity contribution in [3.05, 3.63) is 65.9 Å². The zero-order chi connectivity index (χ0) is 19.2. The summed E-state index contributed by atoms with van der Waals surface area (Å²) in [5, 5.41) is 4.11. The molecule has 3 rings (SSSR count). The lowest BCUT2D eigenvalue weighted by Crippen LogP contribution is -2.26. The normalized spacial score (nSPS) is 10.9. The number of fused-ring (bicyclic) bond motifs is 1. The molecule has 28 heavy (non-hydrogen) atoms. The molecule has 6 heteroatoms. The molecule has 0 radical (unpaired) electrons. The van der Waals surface area contributed by atoms with Gasteiger partial charge in [-0.3, -0.25) is 4.79 Å². The summed E-state index contributed by atoms with van der Waals surface area (Å²) >= 11 is 0. The minimum absolute atomic E-state index is 0. The van der Waals surface area contributed by atoms with Crippen LogP contribution in [-0.4, -0.2) is 35.0 Å². The number of nitrogens with zero attached hydrogens (tertiary/aromatic N) is 2. The first-order valence-electron chi connectivity index (χ1n) is 9.56. The van der Waals surface area contributed by atoms with Gasteiger partial charge in [0.25, 0.3) is 5.91 Å². The van der Waals surface area contributed by atoms with Gasteiger partial charge in [-0.05, 0) is 55.1 Å². The van der Waals surface area contributed by atoms with Gasteiger partial charge in [-0.25, -0.2) is 0 Å². The number of carbonyl (C=O) groups excluding carboxylic acids is 1. The Morgan fingerprint density at radius 3 is 2.43 bits per heavy atom. The van der Waals surface area contributed by atoms with Gasteiger partial charge in [0.1, 0.15) is 0 Å². The average Bonchev–Trinajstić information content (AvgIpc) is 3.11. The molecule has 0 atom stereocenters. The highest BCUT2D eigenvalue weighted by atomic mass is 35.5. The van der Waals surface area contributed by atoms with Gasteiger partial charge in [0.15, 0.2) is 0 Å². The molecule has 1 aromatic heterocycles. The monoisotopic (exact) mass is 400 g/mol.